The van der Waals surface area contributed by atoms with Crippen molar-refractivity contribution in [1.29, 1.82) is 0 Å². The van der Waals surface area contributed by atoms with Gasteiger partial charge in [-0.05, 0) is 61.1 Å². The number of amides is 2. The lowest BCUT2D eigenvalue weighted by molar-refractivity contribution is 0.0664. The highest BCUT2D eigenvalue weighted by atomic mass is 35.5. The summed E-state index contributed by atoms with van der Waals surface area (Å²) < 4.78 is 5.34. The lowest BCUT2D eigenvalue weighted by Crippen LogP contribution is -2.47. The summed E-state index contributed by atoms with van der Waals surface area (Å²) in [4.78, 5) is 32.0. The average molecular weight is 536 g/mol. The topological polar surface area (TPSA) is 103 Å². The number of benzene rings is 2. The van der Waals surface area contributed by atoms with Crippen molar-refractivity contribution in [3.8, 4) is 5.75 Å². The smallest absolute Gasteiger partial charge is 0.276 e. The fraction of sp³-hybridized carbons (Fsp3) is 0.333. The van der Waals surface area contributed by atoms with E-state index in [2.05, 4.69) is 37.7 Å². The van der Waals surface area contributed by atoms with Crippen molar-refractivity contribution in [3.05, 3.63) is 70.4 Å². The van der Waals surface area contributed by atoms with E-state index in [9.17, 15) is 9.59 Å². The monoisotopic (exact) mass is 535 g/mol. The molecule has 2 aliphatic heterocycles. The lowest BCUT2D eigenvalue weighted by Gasteiger charge is -2.32. The molecule has 2 aromatic carbocycles. The van der Waals surface area contributed by atoms with Crippen molar-refractivity contribution in [1.82, 2.24) is 20.0 Å². The number of nitrogens with zero attached hydrogens (tertiary/aromatic N) is 5. The van der Waals surface area contributed by atoms with E-state index in [-0.39, 0.29) is 17.5 Å². The molecule has 0 spiro atoms. The number of nitrogens with one attached hydrogen (secondary N) is 2. The highest BCUT2D eigenvalue weighted by molar-refractivity contribution is 6.31. The van der Waals surface area contributed by atoms with Gasteiger partial charge < -0.3 is 30.1 Å². The van der Waals surface area contributed by atoms with Crippen molar-refractivity contribution in [3.63, 3.8) is 0 Å². The zero-order valence-corrected chi connectivity index (χ0v) is 22.2. The first-order valence-electron chi connectivity index (χ1n) is 12.5. The van der Waals surface area contributed by atoms with Crippen molar-refractivity contribution in [2.24, 2.45) is 0 Å². The summed E-state index contributed by atoms with van der Waals surface area (Å²) >= 11 is 6.44. The molecule has 0 aliphatic carbocycles. The predicted octanol–water partition coefficient (Wildman–Crippen LogP) is 3.21. The van der Waals surface area contributed by atoms with Crippen LogP contribution in [0.5, 0.6) is 5.75 Å². The summed E-state index contributed by atoms with van der Waals surface area (Å²) in [6.45, 7) is 5.06. The standard InChI is InChI=1S/C27H30ClN7O3/c1-33-11-13-34(14-12-33)27(37)18-3-5-20(6-4-18)30-26(36)23-16-24-25(32-31-23)29-9-10-35(24)17-19-15-21(38-2)7-8-22(19)28/h3-8,15-16H,9-14,17H2,1-2H3,(H,29,32)(H,30,36). The first-order valence-corrected chi connectivity index (χ1v) is 12.9. The number of ether oxygens (including phenoxy) is 1. The van der Waals surface area contributed by atoms with Gasteiger partial charge in [-0.15, -0.1) is 10.2 Å². The summed E-state index contributed by atoms with van der Waals surface area (Å²) in [6.07, 6.45) is 0. The second kappa shape index (κ2) is 11.2. The Morgan fingerprint density at radius 3 is 2.53 bits per heavy atom. The second-order valence-corrected chi connectivity index (χ2v) is 9.80. The maximum Gasteiger partial charge on any atom is 0.276 e. The number of carbonyl (C=O) groups excluding carboxylic acids is 2. The normalized spacial score (nSPS) is 15.4. The third-order valence-corrected chi connectivity index (χ3v) is 7.18. The Hall–Kier alpha value is -3.89. The van der Waals surface area contributed by atoms with Crippen LogP contribution in [0, 0.1) is 0 Å². The van der Waals surface area contributed by atoms with Crippen LogP contribution < -0.4 is 20.3 Å². The van der Waals surface area contributed by atoms with E-state index in [4.69, 9.17) is 16.3 Å². The number of fused-ring (bicyclic) bond motifs is 1. The van der Waals surface area contributed by atoms with Crippen LogP contribution in [0.4, 0.5) is 17.2 Å². The molecule has 1 saturated heterocycles. The van der Waals surface area contributed by atoms with Crippen molar-refractivity contribution < 1.29 is 14.3 Å². The number of methoxy groups -OCH3 is 1. The Kier molecular flexibility index (Phi) is 7.62. The van der Waals surface area contributed by atoms with Gasteiger partial charge in [0.25, 0.3) is 11.8 Å². The van der Waals surface area contributed by atoms with E-state index in [0.29, 0.717) is 54.8 Å². The van der Waals surface area contributed by atoms with Crippen LogP contribution in [0.15, 0.2) is 48.5 Å². The second-order valence-electron chi connectivity index (χ2n) is 9.40. The molecule has 0 saturated carbocycles. The molecule has 38 heavy (non-hydrogen) atoms. The molecule has 3 aromatic rings. The molecule has 0 bridgehead atoms. The maximum atomic E-state index is 13.0. The van der Waals surface area contributed by atoms with Gasteiger partial charge in [0, 0.05) is 62.1 Å². The van der Waals surface area contributed by atoms with Gasteiger partial charge in [0.1, 0.15) is 5.75 Å². The summed E-state index contributed by atoms with van der Waals surface area (Å²) in [7, 11) is 3.67. The number of aromatic nitrogens is 2. The fourth-order valence-electron chi connectivity index (χ4n) is 4.54. The predicted molar refractivity (Wildman–Crippen MR) is 147 cm³/mol. The van der Waals surface area contributed by atoms with Crippen LogP contribution in [0.2, 0.25) is 5.02 Å². The van der Waals surface area contributed by atoms with E-state index in [1.165, 1.54) is 0 Å². The van der Waals surface area contributed by atoms with Crippen LogP contribution in [0.1, 0.15) is 26.4 Å². The highest BCUT2D eigenvalue weighted by Crippen LogP contribution is 2.31. The minimum absolute atomic E-state index is 0.000242. The van der Waals surface area contributed by atoms with Crippen molar-refractivity contribution >= 4 is 40.6 Å². The number of anilines is 3. The van der Waals surface area contributed by atoms with Gasteiger partial charge in [-0.2, -0.15) is 0 Å². The van der Waals surface area contributed by atoms with Crippen LogP contribution in [-0.2, 0) is 6.54 Å². The number of halogens is 1. The molecule has 2 aliphatic rings. The average Bonchev–Trinajstić information content (AvgIpc) is 2.94. The van der Waals surface area contributed by atoms with Gasteiger partial charge in [-0.1, -0.05) is 11.6 Å². The number of rotatable bonds is 6. The van der Waals surface area contributed by atoms with E-state index >= 15 is 0 Å². The van der Waals surface area contributed by atoms with Crippen molar-refractivity contribution in [2.45, 2.75) is 6.54 Å². The number of hydrogen-bond donors (Lipinski definition) is 2. The lowest BCUT2D eigenvalue weighted by atomic mass is 10.1. The molecule has 198 valence electrons. The fourth-order valence-corrected chi connectivity index (χ4v) is 4.72. The van der Waals surface area contributed by atoms with Gasteiger partial charge in [0.15, 0.2) is 11.5 Å². The molecule has 1 fully saturated rings. The van der Waals surface area contributed by atoms with E-state index in [0.717, 1.165) is 30.1 Å². The summed E-state index contributed by atoms with van der Waals surface area (Å²) in [5.74, 6) is 0.950. The Labute approximate surface area is 226 Å². The van der Waals surface area contributed by atoms with Gasteiger partial charge in [0.2, 0.25) is 0 Å². The van der Waals surface area contributed by atoms with E-state index < -0.39 is 0 Å². The summed E-state index contributed by atoms with van der Waals surface area (Å²) in [5, 5.41) is 15.1. The van der Waals surface area contributed by atoms with Crippen LogP contribution in [0.3, 0.4) is 0 Å². The molecule has 2 amide bonds. The Balaban J connectivity index is 1.28. The van der Waals surface area contributed by atoms with Gasteiger partial charge in [-0.25, -0.2) is 0 Å². The minimum Gasteiger partial charge on any atom is -0.497 e. The molecule has 10 nitrogen and oxygen atoms in total. The van der Waals surface area contributed by atoms with Gasteiger partial charge >= 0.3 is 0 Å². The molecule has 5 rings (SSSR count). The van der Waals surface area contributed by atoms with E-state index in [1.807, 2.05) is 23.1 Å². The van der Waals surface area contributed by atoms with E-state index in [1.54, 1.807) is 37.4 Å². The number of hydrogen-bond acceptors (Lipinski definition) is 8. The zero-order valence-electron chi connectivity index (χ0n) is 21.4. The van der Waals surface area contributed by atoms with Crippen LogP contribution >= 0.6 is 11.6 Å². The first-order chi connectivity index (χ1) is 18.4. The largest absolute Gasteiger partial charge is 0.497 e. The maximum absolute atomic E-state index is 13.0. The number of carbonyl (C=O) groups is 2. The zero-order chi connectivity index (χ0) is 26.6. The minimum atomic E-state index is -0.386. The van der Waals surface area contributed by atoms with Crippen LogP contribution in [0.25, 0.3) is 0 Å². The Bertz CT molecular complexity index is 1330. The molecular weight excluding hydrogens is 506 g/mol. The third-order valence-electron chi connectivity index (χ3n) is 6.82. The first kappa shape index (κ1) is 25.7. The summed E-state index contributed by atoms with van der Waals surface area (Å²) in [5.41, 5.74) is 3.03. The molecule has 0 radical (unpaired) electrons. The molecule has 2 N–H and O–H groups in total. The highest BCUT2D eigenvalue weighted by Gasteiger charge is 2.23. The quantitative estimate of drug-likeness (QED) is 0.496. The third kappa shape index (κ3) is 5.66. The van der Waals surface area contributed by atoms with Crippen molar-refractivity contribution in [2.75, 3.05) is 69.0 Å². The molecule has 0 unspecified atom stereocenters. The Morgan fingerprint density at radius 1 is 1.03 bits per heavy atom. The van der Waals surface area contributed by atoms with Crippen LogP contribution in [-0.4, -0.2) is 85.2 Å². The number of piperazine rings is 1. The SMILES string of the molecule is COc1ccc(Cl)c(CN2CCNc3nnc(C(=O)Nc4ccc(C(=O)N5CCN(C)CC5)cc4)cc32)c1. The number of likely N-dealkylation sites (N-methyl/N-ethyl adjacent to an activating group) is 1. The summed E-state index contributed by atoms with van der Waals surface area (Å²) in [6, 6.07) is 14.2. The molecule has 1 aromatic heterocycles. The van der Waals surface area contributed by atoms with Gasteiger partial charge in [-0.3, -0.25) is 9.59 Å². The molecule has 3 heterocycles. The molecular formula is C27H30ClN7O3. The molecule has 11 heteroatoms. The van der Waals surface area contributed by atoms with Gasteiger partial charge in [0.05, 0.1) is 12.8 Å². The molecule has 0 atom stereocenters. The Morgan fingerprint density at radius 2 is 1.79 bits per heavy atom.